The van der Waals surface area contributed by atoms with Gasteiger partial charge in [-0.3, -0.25) is 4.79 Å². The van der Waals surface area contributed by atoms with Crippen LogP contribution in [0.1, 0.15) is 29.6 Å². The van der Waals surface area contributed by atoms with E-state index in [-0.39, 0.29) is 5.91 Å². The Hall–Kier alpha value is 0.190. The number of hydrogen-bond acceptors (Lipinski definition) is 1. The molecule has 2 rings (SSSR count). The molecule has 1 aromatic carbocycles. The highest BCUT2D eigenvalue weighted by Gasteiger charge is 2.29. The summed E-state index contributed by atoms with van der Waals surface area (Å²) in [5.74, 6) is 0.732. The van der Waals surface area contributed by atoms with Crippen molar-refractivity contribution in [1.82, 2.24) is 4.90 Å². The first-order valence-electron chi connectivity index (χ1n) is 5.95. The van der Waals surface area contributed by atoms with Crippen molar-refractivity contribution in [2.45, 2.75) is 25.3 Å². The summed E-state index contributed by atoms with van der Waals surface area (Å²) in [5, 5.41) is 0. The molecule has 1 unspecified atom stereocenters. The molecular formula is C13H14BrClINO. The molecule has 0 aromatic heterocycles. The zero-order valence-electron chi connectivity index (χ0n) is 9.83. The largest absolute Gasteiger partial charge is 0.336 e. The minimum absolute atomic E-state index is 0.119. The molecule has 1 aromatic rings. The molecule has 0 saturated carbocycles. The van der Waals surface area contributed by atoms with E-state index in [0.717, 1.165) is 39.4 Å². The van der Waals surface area contributed by atoms with Gasteiger partial charge in [0.1, 0.15) is 0 Å². The number of hydrogen-bond donors (Lipinski definition) is 0. The molecule has 98 valence electrons. The van der Waals surface area contributed by atoms with E-state index in [2.05, 4.69) is 38.5 Å². The third-order valence-electron chi connectivity index (χ3n) is 3.24. The van der Waals surface area contributed by atoms with E-state index >= 15 is 0 Å². The van der Waals surface area contributed by atoms with Crippen LogP contribution in [-0.4, -0.2) is 29.3 Å². The minimum atomic E-state index is 0.119. The van der Waals surface area contributed by atoms with Gasteiger partial charge in [-0.05, 0) is 76.0 Å². The van der Waals surface area contributed by atoms with Crippen molar-refractivity contribution in [2.24, 2.45) is 0 Å². The van der Waals surface area contributed by atoms with Crippen LogP contribution in [0.2, 0.25) is 0 Å². The van der Waals surface area contributed by atoms with Gasteiger partial charge in [-0.1, -0.05) is 0 Å². The quantitative estimate of drug-likeness (QED) is 0.505. The first-order valence-corrected chi connectivity index (χ1v) is 8.36. The molecule has 1 heterocycles. The van der Waals surface area contributed by atoms with Crippen LogP contribution in [0.3, 0.4) is 0 Å². The van der Waals surface area contributed by atoms with Crippen LogP contribution in [0, 0.1) is 3.57 Å². The second-order valence-electron chi connectivity index (χ2n) is 4.40. The van der Waals surface area contributed by atoms with Gasteiger partial charge >= 0.3 is 0 Å². The fourth-order valence-corrected chi connectivity index (χ4v) is 3.50. The van der Waals surface area contributed by atoms with Crippen molar-refractivity contribution in [2.75, 3.05) is 12.4 Å². The summed E-state index contributed by atoms with van der Waals surface area (Å²) in [6, 6.07) is 6.16. The predicted octanol–water partition coefficient (Wildman–Crippen LogP) is 4.29. The molecule has 18 heavy (non-hydrogen) atoms. The third kappa shape index (κ3) is 3.20. The molecule has 1 atom stereocenters. The normalized spacial score (nSPS) is 19.3. The van der Waals surface area contributed by atoms with Crippen LogP contribution in [0.5, 0.6) is 0 Å². The lowest BCUT2D eigenvalue weighted by Crippen LogP contribution is -2.36. The summed E-state index contributed by atoms with van der Waals surface area (Å²) in [6.07, 6.45) is 3.03. The molecule has 1 saturated heterocycles. The van der Waals surface area contributed by atoms with Gasteiger partial charge < -0.3 is 4.90 Å². The van der Waals surface area contributed by atoms with E-state index in [1.165, 1.54) is 0 Å². The van der Waals surface area contributed by atoms with Crippen molar-refractivity contribution >= 4 is 56.0 Å². The highest BCUT2D eigenvalue weighted by Crippen LogP contribution is 2.27. The van der Waals surface area contributed by atoms with Gasteiger partial charge in [-0.25, -0.2) is 0 Å². The number of halogens is 3. The second-order valence-corrected chi connectivity index (χ2v) is 6.87. The second kappa shape index (κ2) is 6.57. The Kier molecular flexibility index (Phi) is 5.33. The van der Waals surface area contributed by atoms with Crippen LogP contribution in [0.4, 0.5) is 0 Å². The topological polar surface area (TPSA) is 20.3 Å². The van der Waals surface area contributed by atoms with E-state index < -0.39 is 0 Å². The van der Waals surface area contributed by atoms with Crippen molar-refractivity contribution in [3.63, 3.8) is 0 Å². The van der Waals surface area contributed by atoms with Crippen molar-refractivity contribution in [3.05, 3.63) is 31.8 Å². The van der Waals surface area contributed by atoms with Crippen LogP contribution in [-0.2, 0) is 0 Å². The smallest absolute Gasteiger partial charge is 0.255 e. The predicted molar refractivity (Wildman–Crippen MR) is 86.3 cm³/mol. The van der Waals surface area contributed by atoms with E-state index in [1.54, 1.807) is 0 Å². The summed E-state index contributed by atoms with van der Waals surface area (Å²) in [7, 11) is 0. The standard InChI is InChI=1S/C13H14BrClINO/c14-12-4-3-9(16)8-11(12)13(18)17-7-1-2-10(17)5-6-15/h3-4,8,10H,1-2,5-7H2. The van der Waals surface area contributed by atoms with E-state index in [4.69, 9.17) is 11.6 Å². The molecule has 0 bridgehead atoms. The molecule has 0 radical (unpaired) electrons. The van der Waals surface area contributed by atoms with Gasteiger partial charge in [0, 0.05) is 26.5 Å². The maximum Gasteiger partial charge on any atom is 0.255 e. The molecule has 0 aliphatic carbocycles. The van der Waals surface area contributed by atoms with Crippen molar-refractivity contribution in [1.29, 1.82) is 0 Å². The van der Waals surface area contributed by atoms with Crippen LogP contribution in [0.25, 0.3) is 0 Å². The average molecular weight is 443 g/mol. The Morgan fingerprint density at radius 3 is 3.06 bits per heavy atom. The lowest BCUT2D eigenvalue weighted by molar-refractivity contribution is 0.0733. The first-order chi connectivity index (χ1) is 8.63. The lowest BCUT2D eigenvalue weighted by atomic mass is 10.1. The number of likely N-dealkylation sites (tertiary alicyclic amines) is 1. The van der Waals surface area contributed by atoms with E-state index in [0.29, 0.717) is 11.9 Å². The highest BCUT2D eigenvalue weighted by molar-refractivity contribution is 14.1. The number of rotatable bonds is 3. The van der Waals surface area contributed by atoms with Crippen molar-refractivity contribution < 1.29 is 4.79 Å². The summed E-state index contributed by atoms with van der Waals surface area (Å²) in [5.41, 5.74) is 0.753. The van der Waals surface area contributed by atoms with Gasteiger partial charge in [0.25, 0.3) is 5.91 Å². The molecule has 2 nitrogen and oxygen atoms in total. The van der Waals surface area contributed by atoms with Gasteiger partial charge in [0.2, 0.25) is 0 Å². The summed E-state index contributed by atoms with van der Waals surface area (Å²) >= 11 is 11.5. The Morgan fingerprint density at radius 1 is 1.56 bits per heavy atom. The zero-order valence-corrected chi connectivity index (χ0v) is 14.3. The van der Waals surface area contributed by atoms with Gasteiger partial charge in [-0.15, -0.1) is 11.6 Å². The SMILES string of the molecule is O=C(c1cc(I)ccc1Br)N1CCCC1CCCl. The monoisotopic (exact) mass is 441 g/mol. The number of carbonyl (C=O) groups excluding carboxylic acids is 1. The Balaban J connectivity index is 2.22. The van der Waals surface area contributed by atoms with E-state index in [9.17, 15) is 4.79 Å². The molecule has 5 heteroatoms. The number of nitrogens with zero attached hydrogens (tertiary/aromatic N) is 1. The Morgan fingerprint density at radius 2 is 2.33 bits per heavy atom. The lowest BCUT2D eigenvalue weighted by Gasteiger charge is -2.24. The van der Waals surface area contributed by atoms with Gasteiger partial charge in [0.05, 0.1) is 5.56 Å². The maximum absolute atomic E-state index is 12.6. The fourth-order valence-electron chi connectivity index (χ4n) is 2.35. The van der Waals surface area contributed by atoms with Crippen LogP contribution < -0.4 is 0 Å². The fraction of sp³-hybridized carbons (Fsp3) is 0.462. The van der Waals surface area contributed by atoms with Gasteiger partial charge in [0.15, 0.2) is 0 Å². The van der Waals surface area contributed by atoms with Gasteiger partial charge in [-0.2, -0.15) is 0 Å². The van der Waals surface area contributed by atoms with Crippen molar-refractivity contribution in [3.8, 4) is 0 Å². The number of alkyl halides is 1. The summed E-state index contributed by atoms with van der Waals surface area (Å²) in [4.78, 5) is 14.5. The summed E-state index contributed by atoms with van der Waals surface area (Å²) in [6.45, 7) is 0.846. The third-order valence-corrected chi connectivity index (χ3v) is 4.82. The van der Waals surface area contributed by atoms with Crippen LogP contribution >= 0.6 is 50.1 Å². The molecular weight excluding hydrogens is 428 g/mol. The maximum atomic E-state index is 12.6. The molecule has 1 amide bonds. The zero-order chi connectivity index (χ0) is 13.1. The first kappa shape index (κ1) is 14.6. The molecule has 0 spiro atoms. The molecule has 0 N–H and O–H groups in total. The Bertz CT molecular complexity index is 455. The highest BCUT2D eigenvalue weighted by atomic mass is 127. The number of amides is 1. The number of benzene rings is 1. The Labute approximate surface area is 134 Å². The molecule has 1 aliphatic heterocycles. The molecule has 1 fully saturated rings. The average Bonchev–Trinajstić information content (AvgIpc) is 2.80. The molecule has 1 aliphatic rings. The number of carbonyl (C=O) groups is 1. The van der Waals surface area contributed by atoms with Crippen LogP contribution in [0.15, 0.2) is 22.7 Å². The summed E-state index contributed by atoms with van der Waals surface area (Å²) < 4.78 is 1.94. The van der Waals surface area contributed by atoms with E-state index in [1.807, 2.05) is 23.1 Å². The minimum Gasteiger partial charge on any atom is -0.336 e.